The van der Waals surface area contributed by atoms with E-state index in [0.717, 1.165) is 37.8 Å². The molecule has 2 aliphatic rings. The number of carbonyl (C=O) groups excluding carboxylic acids is 1. The monoisotopic (exact) mass is 475 g/mol. The fraction of sp³-hybridized carbons (Fsp3) is 0.652. The predicted molar refractivity (Wildman–Crippen MR) is 125 cm³/mol. The maximum absolute atomic E-state index is 14.9. The lowest BCUT2D eigenvalue weighted by Gasteiger charge is -2.50. The van der Waals surface area contributed by atoms with Gasteiger partial charge in [0.2, 0.25) is 5.95 Å². The molecule has 0 spiro atoms. The Balaban J connectivity index is 1.55. The van der Waals surface area contributed by atoms with Gasteiger partial charge >= 0.3 is 6.09 Å². The number of aliphatic hydroxyl groups excluding tert-OH is 1. The number of aromatic nitrogens is 4. The van der Waals surface area contributed by atoms with Crippen molar-refractivity contribution in [3.63, 3.8) is 0 Å². The molecule has 3 atom stereocenters. The summed E-state index contributed by atoms with van der Waals surface area (Å²) in [4.78, 5) is 25.4. The maximum atomic E-state index is 14.9. The molecule has 4 heterocycles. The van der Waals surface area contributed by atoms with Gasteiger partial charge in [-0.15, -0.1) is 0 Å². The van der Waals surface area contributed by atoms with Gasteiger partial charge in [-0.1, -0.05) is 0 Å². The molecule has 0 aromatic carbocycles. The van der Waals surface area contributed by atoms with Crippen molar-refractivity contribution < 1.29 is 19.0 Å². The number of rotatable bonds is 5. The summed E-state index contributed by atoms with van der Waals surface area (Å²) in [6.45, 7) is 6.92. The summed E-state index contributed by atoms with van der Waals surface area (Å²) in [6, 6.07) is 1.93. The van der Waals surface area contributed by atoms with Gasteiger partial charge in [-0.2, -0.15) is 10.1 Å². The summed E-state index contributed by atoms with van der Waals surface area (Å²) >= 11 is 0. The number of halogens is 1. The Morgan fingerprint density at radius 3 is 2.56 bits per heavy atom. The number of nitrogens with one attached hydrogen (secondary N) is 2. The number of aliphatic hydroxyl groups is 1. The lowest BCUT2D eigenvalue weighted by molar-refractivity contribution is -0.0214. The Morgan fingerprint density at radius 1 is 1.32 bits per heavy atom. The smallest absolute Gasteiger partial charge is 0.410 e. The van der Waals surface area contributed by atoms with Crippen LogP contribution in [0.3, 0.4) is 0 Å². The number of amides is 1. The summed E-state index contributed by atoms with van der Waals surface area (Å²) in [5.41, 5.74) is 0.191. The Labute approximate surface area is 198 Å². The molecule has 11 heteroatoms. The van der Waals surface area contributed by atoms with Crippen LogP contribution in [0.2, 0.25) is 0 Å². The predicted octanol–water partition coefficient (Wildman–Crippen LogP) is 3.64. The quantitative estimate of drug-likeness (QED) is 0.600. The Kier molecular flexibility index (Phi) is 6.66. The molecule has 2 fully saturated rings. The molecule has 2 saturated heterocycles. The van der Waals surface area contributed by atoms with Crippen molar-refractivity contribution in [1.82, 2.24) is 25.1 Å². The first-order chi connectivity index (χ1) is 16.1. The summed E-state index contributed by atoms with van der Waals surface area (Å²) in [5.74, 6) is -0.0162. The van der Waals surface area contributed by atoms with E-state index < -0.39 is 18.0 Å². The van der Waals surface area contributed by atoms with Crippen LogP contribution < -0.4 is 10.2 Å². The zero-order valence-corrected chi connectivity index (χ0v) is 20.4. The Hall–Kier alpha value is -2.95. The third-order valence-corrected chi connectivity index (χ3v) is 6.43. The van der Waals surface area contributed by atoms with Gasteiger partial charge in [0.1, 0.15) is 11.3 Å². The number of H-pyrrole nitrogens is 1. The van der Waals surface area contributed by atoms with E-state index in [1.807, 2.05) is 44.5 Å². The first kappa shape index (κ1) is 24.2. The average molecular weight is 476 g/mol. The van der Waals surface area contributed by atoms with Crippen molar-refractivity contribution in [2.45, 2.75) is 90.1 Å². The van der Waals surface area contributed by atoms with Crippen molar-refractivity contribution >= 4 is 23.7 Å². The average Bonchev–Trinajstić information content (AvgIpc) is 3.17. The maximum Gasteiger partial charge on any atom is 0.410 e. The van der Waals surface area contributed by atoms with Gasteiger partial charge in [-0.3, -0.25) is 5.10 Å². The number of hydrogen-bond acceptors (Lipinski definition) is 8. The topological polar surface area (TPSA) is 120 Å². The van der Waals surface area contributed by atoms with E-state index in [9.17, 15) is 14.3 Å². The number of hydrogen-bond donors (Lipinski definition) is 3. The van der Waals surface area contributed by atoms with Crippen LogP contribution in [-0.4, -0.2) is 67.0 Å². The number of anilines is 3. The molecule has 1 amide bonds. The minimum absolute atomic E-state index is 0.0428. The van der Waals surface area contributed by atoms with Crippen LogP contribution in [0.1, 0.15) is 64.3 Å². The summed E-state index contributed by atoms with van der Waals surface area (Å²) < 4.78 is 20.5. The molecular weight excluding hydrogens is 441 g/mol. The van der Waals surface area contributed by atoms with E-state index in [-0.39, 0.29) is 35.7 Å². The largest absolute Gasteiger partial charge is 0.444 e. The fourth-order valence-corrected chi connectivity index (χ4v) is 4.87. The zero-order valence-electron chi connectivity index (χ0n) is 20.4. The van der Waals surface area contributed by atoms with Crippen LogP contribution in [0.15, 0.2) is 6.07 Å². The second kappa shape index (κ2) is 9.36. The molecule has 34 heavy (non-hydrogen) atoms. The first-order valence-electron chi connectivity index (χ1n) is 11.8. The van der Waals surface area contributed by atoms with Gasteiger partial charge < -0.3 is 25.0 Å². The van der Waals surface area contributed by atoms with Crippen LogP contribution in [0.4, 0.5) is 26.8 Å². The molecule has 2 aromatic rings. The molecule has 4 rings (SSSR count). The molecule has 2 aliphatic heterocycles. The Bertz CT molecular complexity index is 1020. The van der Waals surface area contributed by atoms with Gasteiger partial charge in [-0.25, -0.2) is 14.2 Å². The number of aromatic amines is 1. The molecule has 186 valence electrons. The van der Waals surface area contributed by atoms with Crippen LogP contribution in [0.25, 0.3) is 0 Å². The second-order valence-electron chi connectivity index (χ2n) is 10.2. The van der Waals surface area contributed by atoms with E-state index in [4.69, 9.17) is 4.74 Å². The van der Waals surface area contributed by atoms with Gasteiger partial charge in [0, 0.05) is 36.9 Å². The molecule has 0 radical (unpaired) electrons. The summed E-state index contributed by atoms with van der Waals surface area (Å²) in [7, 11) is 1.88. The molecule has 0 unspecified atom stereocenters. The van der Waals surface area contributed by atoms with Crippen molar-refractivity contribution in [3.05, 3.63) is 23.3 Å². The van der Waals surface area contributed by atoms with Crippen LogP contribution in [0, 0.1) is 12.7 Å². The molecule has 0 saturated carbocycles. The lowest BCUT2D eigenvalue weighted by Crippen LogP contribution is -2.59. The molecule has 10 nitrogen and oxygen atoms in total. The number of fused-ring (bicyclic) bond motifs is 2. The highest BCUT2D eigenvalue weighted by Crippen LogP contribution is 2.37. The minimum Gasteiger partial charge on any atom is -0.444 e. The van der Waals surface area contributed by atoms with Gasteiger partial charge in [0.25, 0.3) is 0 Å². The molecule has 2 bridgehead atoms. The van der Waals surface area contributed by atoms with E-state index >= 15 is 0 Å². The van der Waals surface area contributed by atoms with Gasteiger partial charge in [0.15, 0.2) is 17.5 Å². The third kappa shape index (κ3) is 5.08. The van der Waals surface area contributed by atoms with E-state index in [1.54, 1.807) is 6.07 Å². The number of ether oxygens (including phenoxy) is 1. The second-order valence-corrected chi connectivity index (χ2v) is 10.2. The van der Waals surface area contributed by atoms with Crippen molar-refractivity contribution in [2.75, 3.05) is 17.3 Å². The molecule has 2 aromatic heterocycles. The van der Waals surface area contributed by atoms with Gasteiger partial charge in [0.05, 0.1) is 6.61 Å². The normalized spacial score (nSPS) is 22.4. The number of carbonyl (C=O) groups is 1. The number of nitrogens with zero attached hydrogens (tertiary/aromatic N) is 5. The first-order valence-corrected chi connectivity index (χ1v) is 11.8. The lowest BCUT2D eigenvalue weighted by atomic mass is 9.81. The standard InChI is InChI=1S/C23H34FN7O3/c1-13-9-18(29-28-13)26-20-19(24)17(12-32)25-21(27-20)30(5)16-10-14-7-6-8-15(11-16)31(14)22(33)34-23(2,3)4/h9,14-16,32H,6-8,10-12H2,1-5H3,(H2,25,26,27,28,29)/t14-,15+,16-. The highest BCUT2D eigenvalue weighted by atomic mass is 19.1. The zero-order chi connectivity index (χ0) is 24.6. The van der Waals surface area contributed by atoms with Crippen molar-refractivity contribution in [3.8, 4) is 0 Å². The minimum atomic E-state index is -0.711. The fourth-order valence-electron chi connectivity index (χ4n) is 4.87. The third-order valence-electron chi connectivity index (χ3n) is 6.43. The highest BCUT2D eigenvalue weighted by Gasteiger charge is 2.44. The highest BCUT2D eigenvalue weighted by molar-refractivity contribution is 5.69. The van der Waals surface area contributed by atoms with Crippen molar-refractivity contribution in [2.24, 2.45) is 0 Å². The molecular formula is C23H34FN7O3. The van der Waals surface area contributed by atoms with E-state index in [1.165, 1.54) is 0 Å². The summed E-state index contributed by atoms with van der Waals surface area (Å²) in [5, 5.41) is 19.4. The van der Waals surface area contributed by atoms with Crippen LogP contribution in [-0.2, 0) is 11.3 Å². The van der Waals surface area contributed by atoms with Gasteiger partial charge in [-0.05, 0) is 59.8 Å². The molecule has 3 N–H and O–H groups in total. The van der Waals surface area contributed by atoms with E-state index in [0.29, 0.717) is 11.8 Å². The van der Waals surface area contributed by atoms with Crippen LogP contribution in [0.5, 0.6) is 0 Å². The van der Waals surface area contributed by atoms with E-state index in [2.05, 4.69) is 25.5 Å². The van der Waals surface area contributed by atoms with Crippen molar-refractivity contribution in [1.29, 1.82) is 0 Å². The summed E-state index contributed by atoms with van der Waals surface area (Å²) in [6.07, 6.45) is 4.12. The molecule has 0 aliphatic carbocycles. The Morgan fingerprint density at radius 2 is 2.00 bits per heavy atom. The number of piperidine rings is 2. The SMILES string of the molecule is Cc1cc(Nc2nc(N(C)[C@@H]3C[C@H]4CCC[C@@H](C3)N4C(=O)OC(C)(C)C)nc(CO)c2F)n[nH]1. The number of aryl methyl sites for hydroxylation is 1. The van der Waals surface area contributed by atoms with Crippen LogP contribution >= 0.6 is 0 Å².